The van der Waals surface area contributed by atoms with Gasteiger partial charge in [-0.3, -0.25) is 9.10 Å². The monoisotopic (exact) mass is 540 g/mol. The number of hydrogen-bond donors (Lipinski definition) is 1. The number of nitrogens with zero attached hydrogens (tertiary/aromatic N) is 1. The average molecular weight is 541 g/mol. The Bertz CT molecular complexity index is 1410. The van der Waals surface area contributed by atoms with Gasteiger partial charge in [-0.05, 0) is 79.9 Å². The van der Waals surface area contributed by atoms with Gasteiger partial charge in [0.25, 0.3) is 10.0 Å². The van der Waals surface area contributed by atoms with Crippen molar-refractivity contribution >= 4 is 38.9 Å². The summed E-state index contributed by atoms with van der Waals surface area (Å²) in [5.74, 6) is -0.914. The van der Waals surface area contributed by atoms with Crippen LogP contribution in [0.4, 0.5) is 24.5 Å². The minimum absolute atomic E-state index is 0.0619. The molecule has 0 fully saturated rings. The van der Waals surface area contributed by atoms with Crippen LogP contribution in [0, 0.1) is 20.8 Å². The van der Waals surface area contributed by atoms with E-state index >= 15 is 0 Å². The van der Waals surface area contributed by atoms with Crippen LogP contribution in [0.3, 0.4) is 0 Å². The van der Waals surface area contributed by atoms with Crippen molar-refractivity contribution in [2.24, 2.45) is 0 Å². The summed E-state index contributed by atoms with van der Waals surface area (Å²) >= 11 is 5.71. The second-order valence-corrected chi connectivity index (χ2v) is 10.4. The van der Waals surface area contributed by atoms with Gasteiger partial charge in [0.1, 0.15) is 17.2 Å². The number of rotatable bonds is 7. The lowest BCUT2D eigenvalue weighted by atomic mass is 10.1. The summed E-state index contributed by atoms with van der Waals surface area (Å²) < 4.78 is 74.1. The molecule has 0 unspecified atom stereocenters. The Balaban J connectivity index is 2.07. The van der Waals surface area contributed by atoms with Gasteiger partial charge in [-0.25, -0.2) is 8.42 Å². The summed E-state index contributed by atoms with van der Waals surface area (Å²) in [5, 5.41) is 2.02. The first kappa shape index (κ1) is 27.3. The van der Waals surface area contributed by atoms with Crippen LogP contribution < -0.4 is 14.4 Å². The molecule has 0 saturated heterocycles. The Kier molecular flexibility index (Phi) is 7.90. The Hall–Kier alpha value is -3.24. The highest BCUT2D eigenvalue weighted by atomic mass is 35.5. The highest BCUT2D eigenvalue weighted by molar-refractivity contribution is 7.93. The van der Waals surface area contributed by atoms with Crippen molar-refractivity contribution in [2.45, 2.75) is 31.8 Å². The summed E-state index contributed by atoms with van der Waals surface area (Å²) in [5.41, 5.74) is 0.775. The first-order valence-electron chi connectivity index (χ1n) is 10.6. The van der Waals surface area contributed by atoms with Crippen LogP contribution in [0.2, 0.25) is 5.02 Å². The van der Waals surface area contributed by atoms with E-state index in [9.17, 15) is 26.4 Å². The molecule has 0 saturated carbocycles. The maximum Gasteiger partial charge on any atom is 0.418 e. The fourth-order valence-electron chi connectivity index (χ4n) is 3.48. The van der Waals surface area contributed by atoms with Gasteiger partial charge >= 0.3 is 6.18 Å². The molecule has 6 nitrogen and oxygen atoms in total. The second kappa shape index (κ2) is 10.4. The van der Waals surface area contributed by atoms with E-state index in [0.717, 1.165) is 21.5 Å². The molecule has 0 spiro atoms. The smallest absolute Gasteiger partial charge is 0.418 e. The molecule has 0 heterocycles. The molecule has 0 radical (unpaired) electrons. The lowest BCUT2D eigenvalue weighted by Crippen LogP contribution is -2.38. The average Bonchev–Trinajstić information content (AvgIpc) is 2.79. The maximum absolute atomic E-state index is 13.8. The van der Waals surface area contributed by atoms with E-state index in [1.54, 1.807) is 32.0 Å². The van der Waals surface area contributed by atoms with Crippen molar-refractivity contribution in [1.82, 2.24) is 0 Å². The second-order valence-electron chi connectivity index (χ2n) is 8.17. The van der Waals surface area contributed by atoms with Crippen LogP contribution in [0.15, 0.2) is 59.5 Å². The highest BCUT2D eigenvalue weighted by Gasteiger charge is 2.35. The molecule has 3 rings (SSSR count). The van der Waals surface area contributed by atoms with Crippen LogP contribution in [-0.4, -0.2) is 28.0 Å². The zero-order valence-corrected chi connectivity index (χ0v) is 21.5. The zero-order valence-electron chi connectivity index (χ0n) is 19.9. The number of ether oxygens (including phenoxy) is 1. The van der Waals surface area contributed by atoms with Crippen molar-refractivity contribution in [1.29, 1.82) is 0 Å². The Morgan fingerprint density at radius 2 is 1.69 bits per heavy atom. The van der Waals surface area contributed by atoms with Crippen LogP contribution in [-0.2, 0) is 21.0 Å². The topological polar surface area (TPSA) is 75.7 Å². The lowest BCUT2D eigenvalue weighted by Gasteiger charge is -2.26. The number of carbonyl (C=O) groups is 1. The van der Waals surface area contributed by atoms with E-state index in [2.05, 4.69) is 5.32 Å². The number of halogens is 4. The summed E-state index contributed by atoms with van der Waals surface area (Å²) in [6.07, 6.45) is -4.79. The zero-order chi connectivity index (χ0) is 26.8. The van der Waals surface area contributed by atoms with E-state index in [0.29, 0.717) is 11.6 Å². The summed E-state index contributed by atoms with van der Waals surface area (Å²) in [7, 11) is -3.06. The molecule has 0 aliphatic heterocycles. The lowest BCUT2D eigenvalue weighted by molar-refractivity contribution is -0.137. The molecule has 3 aromatic carbocycles. The molecule has 1 N–H and O–H groups in total. The van der Waals surface area contributed by atoms with Crippen LogP contribution in [0.1, 0.15) is 22.3 Å². The quantitative estimate of drug-likeness (QED) is 0.391. The van der Waals surface area contributed by atoms with Gasteiger partial charge in [-0.1, -0.05) is 23.7 Å². The number of alkyl halides is 3. The normalized spacial score (nSPS) is 11.8. The highest BCUT2D eigenvalue weighted by Crippen LogP contribution is 2.37. The molecule has 192 valence electrons. The van der Waals surface area contributed by atoms with Crippen LogP contribution in [0.25, 0.3) is 0 Å². The Morgan fingerprint density at radius 3 is 2.31 bits per heavy atom. The van der Waals surface area contributed by atoms with Crippen molar-refractivity contribution < 1.29 is 31.1 Å². The molecule has 0 aliphatic carbocycles. The van der Waals surface area contributed by atoms with Crippen LogP contribution in [0.5, 0.6) is 5.75 Å². The number of nitrogens with one attached hydrogen (secondary N) is 1. The predicted octanol–water partition coefficient (Wildman–Crippen LogP) is 6.13. The minimum Gasteiger partial charge on any atom is -0.495 e. The number of hydrogen-bond acceptors (Lipinski definition) is 4. The first-order chi connectivity index (χ1) is 16.7. The SMILES string of the molecule is COc1ccc(C)cc1S(=O)(=O)N(CC(=O)Nc1ccc(Cl)cc1C(F)(F)F)c1ccc(C)c(C)c1. The Morgan fingerprint density at radius 1 is 1.00 bits per heavy atom. The van der Waals surface area contributed by atoms with Gasteiger partial charge in [-0.15, -0.1) is 0 Å². The third-order valence-electron chi connectivity index (χ3n) is 5.51. The van der Waals surface area contributed by atoms with E-state index < -0.39 is 39.9 Å². The van der Waals surface area contributed by atoms with Gasteiger partial charge in [0.2, 0.25) is 5.91 Å². The number of anilines is 2. The molecular formula is C25H24ClF3N2O4S. The third-order valence-corrected chi connectivity index (χ3v) is 7.54. The third kappa shape index (κ3) is 5.93. The van der Waals surface area contributed by atoms with Crippen molar-refractivity contribution in [3.63, 3.8) is 0 Å². The minimum atomic E-state index is -4.79. The first-order valence-corrected chi connectivity index (χ1v) is 12.5. The molecule has 36 heavy (non-hydrogen) atoms. The number of sulfonamides is 1. The maximum atomic E-state index is 13.8. The van der Waals surface area contributed by atoms with Gasteiger partial charge in [0, 0.05) is 5.02 Å². The summed E-state index contributed by atoms with van der Waals surface area (Å²) in [6, 6.07) is 12.3. The molecule has 1 amide bonds. The number of methoxy groups -OCH3 is 1. The largest absolute Gasteiger partial charge is 0.495 e. The van der Waals surface area contributed by atoms with E-state index in [1.165, 1.54) is 31.4 Å². The summed E-state index contributed by atoms with van der Waals surface area (Å²) in [4.78, 5) is 12.8. The molecule has 0 bridgehead atoms. The van der Waals surface area contributed by atoms with Gasteiger partial charge in [0.15, 0.2) is 0 Å². The van der Waals surface area contributed by atoms with Crippen molar-refractivity contribution in [3.8, 4) is 5.75 Å². The van der Waals surface area contributed by atoms with Crippen molar-refractivity contribution in [3.05, 3.63) is 81.9 Å². The van der Waals surface area contributed by atoms with E-state index in [4.69, 9.17) is 16.3 Å². The molecule has 0 aliphatic rings. The fourth-order valence-corrected chi connectivity index (χ4v) is 5.31. The number of carbonyl (C=O) groups excluding carboxylic acids is 1. The van der Waals surface area contributed by atoms with Crippen molar-refractivity contribution in [2.75, 3.05) is 23.3 Å². The fraction of sp³-hybridized carbons (Fsp3) is 0.240. The molecule has 0 atom stereocenters. The molecule has 11 heteroatoms. The Labute approximate surface area is 212 Å². The molecular weight excluding hydrogens is 517 g/mol. The van der Waals surface area contributed by atoms with Crippen LogP contribution >= 0.6 is 11.6 Å². The number of aryl methyl sites for hydroxylation is 3. The van der Waals surface area contributed by atoms with E-state index in [-0.39, 0.29) is 21.4 Å². The number of benzene rings is 3. The van der Waals surface area contributed by atoms with Gasteiger partial charge in [-0.2, -0.15) is 13.2 Å². The predicted molar refractivity (Wildman–Crippen MR) is 133 cm³/mol. The summed E-state index contributed by atoms with van der Waals surface area (Å²) in [6.45, 7) is 4.53. The van der Waals surface area contributed by atoms with E-state index in [1.807, 2.05) is 6.92 Å². The number of amides is 1. The van der Waals surface area contributed by atoms with Gasteiger partial charge in [0.05, 0.1) is 24.0 Å². The molecule has 3 aromatic rings. The van der Waals surface area contributed by atoms with Gasteiger partial charge < -0.3 is 10.1 Å². The molecule has 0 aromatic heterocycles. The standard InChI is InChI=1S/C25H24ClF3N2O4S/c1-15-5-10-22(35-4)23(11-15)36(33,34)31(19-8-6-16(2)17(3)12-19)14-24(32)30-21-9-7-18(26)13-20(21)25(27,28)29/h5-13H,14H2,1-4H3,(H,30,32).